The van der Waals surface area contributed by atoms with Crippen molar-refractivity contribution >= 4 is 51.5 Å². The average molecular weight is 492 g/mol. The topological polar surface area (TPSA) is 70.6 Å². The standard InChI is InChI=1S/C16H33N3O2S2.HI/c1-6-17-15(18-10-11-23(20,21)16(2,3)4)19-13-8-7-9-14(12-13)22-5;/h13-14H,6-12H2,1-5H3,(H2,17,18,19);1H. The van der Waals surface area contributed by atoms with E-state index in [-0.39, 0.29) is 29.7 Å². The third-order valence-corrected chi connectivity index (χ3v) is 7.89. The van der Waals surface area contributed by atoms with Crippen molar-refractivity contribution in [3.8, 4) is 0 Å². The smallest absolute Gasteiger partial charge is 0.191 e. The lowest BCUT2D eigenvalue weighted by molar-refractivity contribution is 0.419. The lowest BCUT2D eigenvalue weighted by Crippen LogP contribution is -2.46. The average Bonchev–Trinajstić information content (AvgIpc) is 2.46. The Hall–Kier alpha value is 0.300. The number of thioether (sulfide) groups is 1. The molecule has 0 radical (unpaired) electrons. The second-order valence-electron chi connectivity index (χ2n) is 7.06. The number of rotatable bonds is 6. The molecule has 0 aromatic heterocycles. The van der Waals surface area contributed by atoms with E-state index in [1.165, 1.54) is 12.8 Å². The molecule has 8 heteroatoms. The molecular formula is C16H34IN3O2S2. The molecule has 2 N–H and O–H groups in total. The summed E-state index contributed by atoms with van der Waals surface area (Å²) in [6, 6.07) is 0.429. The van der Waals surface area contributed by atoms with Gasteiger partial charge in [-0.25, -0.2) is 8.42 Å². The molecule has 1 aliphatic carbocycles. The first kappa shape index (κ1) is 24.3. The fourth-order valence-electron chi connectivity index (χ4n) is 2.59. The summed E-state index contributed by atoms with van der Waals surface area (Å²) in [6.07, 6.45) is 7.00. The van der Waals surface area contributed by atoms with E-state index in [1.807, 2.05) is 18.7 Å². The van der Waals surface area contributed by atoms with Gasteiger partial charge in [0.2, 0.25) is 0 Å². The number of aliphatic imine (C=N–C) groups is 1. The molecule has 1 saturated carbocycles. The van der Waals surface area contributed by atoms with Gasteiger partial charge in [-0.05, 0) is 53.2 Å². The van der Waals surface area contributed by atoms with Gasteiger partial charge in [-0.2, -0.15) is 11.8 Å². The monoisotopic (exact) mass is 491 g/mol. The summed E-state index contributed by atoms with van der Waals surface area (Å²) in [5.41, 5.74) is 0. The van der Waals surface area contributed by atoms with Gasteiger partial charge < -0.3 is 10.6 Å². The van der Waals surface area contributed by atoms with Crippen molar-refractivity contribution < 1.29 is 8.42 Å². The first-order valence-electron chi connectivity index (χ1n) is 8.49. The molecule has 0 saturated heterocycles. The summed E-state index contributed by atoms with van der Waals surface area (Å²) in [5.74, 6) is 0.828. The van der Waals surface area contributed by atoms with E-state index in [0.717, 1.165) is 25.3 Å². The van der Waals surface area contributed by atoms with Crippen LogP contribution in [0.2, 0.25) is 0 Å². The van der Waals surface area contributed by atoms with Crippen LogP contribution < -0.4 is 10.6 Å². The Balaban J connectivity index is 0.00000529. The van der Waals surface area contributed by atoms with Gasteiger partial charge in [-0.15, -0.1) is 24.0 Å². The van der Waals surface area contributed by atoms with Crippen LogP contribution in [0.15, 0.2) is 4.99 Å². The van der Waals surface area contributed by atoms with Gasteiger partial charge in [0.15, 0.2) is 15.8 Å². The van der Waals surface area contributed by atoms with Crippen LogP contribution in [0.5, 0.6) is 0 Å². The summed E-state index contributed by atoms with van der Waals surface area (Å²) < 4.78 is 23.6. The first-order valence-corrected chi connectivity index (χ1v) is 11.4. The van der Waals surface area contributed by atoms with E-state index in [4.69, 9.17) is 0 Å². The molecule has 0 aromatic carbocycles. The van der Waals surface area contributed by atoms with Gasteiger partial charge in [0.05, 0.1) is 17.0 Å². The third-order valence-electron chi connectivity index (χ3n) is 4.21. The highest BCUT2D eigenvalue weighted by molar-refractivity contribution is 14.0. The molecule has 24 heavy (non-hydrogen) atoms. The number of hydrogen-bond donors (Lipinski definition) is 2. The minimum absolute atomic E-state index is 0. The lowest BCUT2D eigenvalue weighted by atomic mass is 9.95. The van der Waals surface area contributed by atoms with Crippen LogP contribution in [0.1, 0.15) is 53.4 Å². The predicted octanol–water partition coefficient (Wildman–Crippen LogP) is 3.05. The fourth-order valence-corrected chi connectivity index (χ4v) is 4.36. The summed E-state index contributed by atoms with van der Waals surface area (Å²) in [7, 11) is -3.12. The maximum Gasteiger partial charge on any atom is 0.191 e. The number of hydrogen-bond acceptors (Lipinski definition) is 4. The summed E-state index contributed by atoms with van der Waals surface area (Å²) in [4.78, 5) is 4.47. The first-order chi connectivity index (χ1) is 10.7. The molecule has 0 spiro atoms. The van der Waals surface area contributed by atoms with Crippen molar-refractivity contribution in [3.63, 3.8) is 0 Å². The summed E-state index contributed by atoms with van der Waals surface area (Å²) >= 11 is 1.93. The molecule has 2 unspecified atom stereocenters. The molecule has 0 aliphatic heterocycles. The zero-order chi connectivity index (χ0) is 17.5. The minimum atomic E-state index is -3.12. The molecular weight excluding hydrogens is 457 g/mol. The molecule has 0 heterocycles. The Morgan fingerprint density at radius 2 is 1.96 bits per heavy atom. The molecule has 144 valence electrons. The van der Waals surface area contributed by atoms with Crippen molar-refractivity contribution in [2.75, 3.05) is 25.1 Å². The van der Waals surface area contributed by atoms with Crippen molar-refractivity contribution in [1.29, 1.82) is 0 Å². The maximum absolute atomic E-state index is 12.2. The highest BCUT2D eigenvalue weighted by atomic mass is 127. The zero-order valence-corrected chi connectivity index (χ0v) is 19.6. The van der Waals surface area contributed by atoms with Gasteiger partial charge in [0, 0.05) is 17.8 Å². The van der Waals surface area contributed by atoms with Gasteiger partial charge in [0.1, 0.15) is 0 Å². The highest BCUT2D eigenvalue weighted by Gasteiger charge is 2.28. The summed E-state index contributed by atoms with van der Waals surface area (Å²) in [6.45, 7) is 8.30. The predicted molar refractivity (Wildman–Crippen MR) is 118 cm³/mol. The van der Waals surface area contributed by atoms with Crippen LogP contribution in [0.25, 0.3) is 0 Å². The normalized spacial score (nSPS) is 22.6. The van der Waals surface area contributed by atoms with E-state index >= 15 is 0 Å². The molecule has 5 nitrogen and oxygen atoms in total. The Bertz CT molecular complexity index is 490. The van der Waals surface area contributed by atoms with Gasteiger partial charge in [-0.3, -0.25) is 4.99 Å². The number of nitrogens with one attached hydrogen (secondary N) is 2. The van der Waals surface area contributed by atoms with Crippen molar-refractivity contribution in [3.05, 3.63) is 0 Å². The van der Waals surface area contributed by atoms with Crippen molar-refractivity contribution in [1.82, 2.24) is 10.6 Å². The van der Waals surface area contributed by atoms with E-state index in [0.29, 0.717) is 17.8 Å². The number of halogens is 1. The Morgan fingerprint density at radius 1 is 1.29 bits per heavy atom. The molecule has 1 aliphatic rings. The fraction of sp³-hybridized carbons (Fsp3) is 0.938. The molecule has 2 atom stereocenters. The van der Waals surface area contributed by atoms with E-state index in [9.17, 15) is 8.42 Å². The SMILES string of the molecule is CCNC(=NCCS(=O)(=O)C(C)(C)C)NC1CCCC(SC)C1.I. The van der Waals surface area contributed by atoms with Crippen LogP contribution in [0, 0.1) is 0 Å². The quantitative estimate of drug-likeness (QED) is 0.340. The number of nitrogens with zero attached hydrogens (tertiary/aromatic N) is 1. The van der Waals surface area contributed by atoms with Crippen LogP contribution in [0.4, 0.5) is 0 Å². The second-order valence-corrected chi connectivity index (χ2v) is 11.1. The van der Waals surface area contributed by atoms with E-state index < -0.39 is 14.6 Å². The number of sulfone groups is 1. The minimum Gasteiger partial charge on any atom is -0.357 e. The van der Waals surface area contributed by atoms with Gasteiger partial charge >= 0.3 is 0 Å². The third kappa shape index (κ3) is 8.12. The number of guanidine groups is 1. The molecule has 0 bridgehead atoms. The van der Waals surface area contributed by atoms with E-state index in [2.05, 4.69) is 21.9 Å². The van der Waals surface area contributed by atoms with Gasteiger partial charge in [0.25, 0.3) is 0 Å². The van der Waals surface area contributed by atoms with Crippen LogP contribution in [-0.2, 0) is 9.84 Å². The van der Waals surface area contributed by atoms with Gasteiger partial charge in [-0.1, -0.05) is 6.42 Å². The molecule has 0 aromatic rings. The van der Waals surface area contributed by atoms with Crippen molar-refractivity contribution in [2.24, 2.45) is 4.99 Å². The molecule has 0 amide bonds. The Morgan fingerprint density at radius 3 is 2.50 bits per heavy atom. The zero-order valence-electron chi connectivity index (χ0n) is 15.6. The van der Waals surface area contributed by atoms with Crippen LogP contribution in [-0.4, -0.2) is 55.5 Å². The van der Waals surface area contributed by atoms with Crippen molar-refractivity contribution in [2.45, 2.75) is 69.4 Å². The van der Waals surface area contributed by atoms with Crippen LogP contribution >= 0.6 is 35.7 Å². The van der Waals surface area contributed by atoms with E-state index in [1.54, 1.807) is 20.8 Å². The summed E-state index contributed by atoms with van der Waals surface area (Å²) in [5, 5.41) is 7.42. The lowest BCUT2D eigenvalue weighted by Gasteiger charge is -2.30. The maximum atomic E-state index is 12.2. The molecule has 1 rings (SSSR count). The highest BCUT2D eigenvalue weighted by Crippen LogP contribution is 2.26. The largest absolute Gasteiger partial charge is 0.357 e. The Kier molecular flexibility index (Phi) is 11.2. The Labute approximate surface area is 169 Å². The molecule has 1 fully saturated rings. The second kappa shape index (κ2) is 11.1. The van der Waals surface area contributed by atoms with Crippen LogP contribution in [0.3, 0.4) is 0 Å².